The van der Waals surface area contributed by atoms with Gasteiger partial charge >= 0.3 is 5.97 Å². The minimum Gasteiger partial charge on any atom is -0.478 e. The molecule has 0 bridgehead atoms. The van der Waals surface area contributed by atoms with Crippen molar-refractivity contribution >= 4 is 11.7 Å². The molecule has 0 radical (unpaired) electrons. The van der Waals surface area contributed by atoms with Gasteiger partial charge in [0.05, 0.1) is 5.56 Å². The number of carboxylic acid groups (broad SMARTS) is 1. The van der Waals surface area contributed by atoms with Crippen molar-refractivity contribution in [3.63, 3.8) is 0 Å². The van der Waals surface area contributed by atoms with Gasteiger partial charge in [0, 0.05) is 11.7 Å². The van der Waals surface area contributed by atoms with Crippen LogP contribution in [0.1, 0.15) is 49.0 Å². The molecule has 1 aliphatic rings. The van der Waals surface area contributed by atoms with Gasteiger partial charge in [0.1, 0.15) is 0 Å². The van der Waals surface area contributed by atoms with Crippen LogP contribution in [0.5, 0.6) is 0 Å². The lowest BCUT2D eigenvalue weighted by atomic mass is 9.92. The van der Waals surface area contributed by atoms with Crippen LogP contribution in [0.3, 0.4) is 0 Å². The van der Waals surface area contributed by atoms with E-state index in [-0.39, 0.29) is 0 Å². The van der Waals surface area contributed by atoms with Gasteiger partial charge in [0.25, 0.3) is 0 Å². The highest BCUT2D eigenvalue weighted by molar-refractivity contribution is 5.89. The molecule has 1 unspecified atom stereocenters. The van der Waals surface area contributed by atoms with E-state index in [1.165, 1.54) is 19.3 Å². The van der Waals surface area contributed by atoms with Gasteiger partial charge in [0.15, 0.2) is 0 Å². The molecule has 0 heterocycles. The molecule has 2 N–H and O–H groups in total. The van der Waals surface area contributed by atoms with Crippen molar-refractivity contribution in [1.29, 1.82) is 0 Å². The molecule has 1 aromatic rings. The number of nitrogens with one attached hydrogen (secondary N) is 1. The third-order valence-electron chi connectivity index (χ3n) is 3.80. The molecule has 1 saturated carbocycles. The Hall–Kier alpha value is -1.51. The van der Waals surface area contributed by atoms with Crippen LogP contribution in [-0.2, 0) is 0 Å². The lowest BCUT2D eigenvalue weighted by Gasteiger charge is -2.19. The number of anilines is 1. The van der Waals surface area contributed by atoms with Crippen molar-refractivity contribution in [2.24, 2.45) is 5.41 Å². The second-order valence-electron chi connectivity index (χ2n) is 6.08. The van der Waals surface area contributed by atoms with E-state index in [4.69, 9.17) is 5.11 Å². The van der Waals surface area contributed by atoms with Crippen LogP contribution in [0, 0.1) is 12.3 Å². The fraction of sp³-hybridized carbons (Fsp3) is 0.533. The number of aromatic carboxylic acids is 1. The molecule has 2 rings (SSSR count). The van der Waals surface area contributed by atoms with Crippen molar-refractivity contribution in [2.75, 3.05) is 5.32 Å². The van der Waals surface area contributed by atoms with E-state index in [2.05, 4.69) is 19.2 Å². The molecule has 0 saturated heterocycles. The fourth-order valence-electron chi connectivity index (χ4n) is 2.79. The molecule has 3 heteroatoms. The monoisotopic (exact) mass is 247 g/mol. The van der Waals surface area contributed by atoms with Gasteiger partial charge in [-0.2, -0.15) is 0 Å². The van der Waals surface area contributed by atoms with Gasteiger partial charge in [-0.3, -0.25) is 0 Å². The zero-order valence-corrected chi connectivity index (χ0v) is 11.3. The standard InChI is InChI=1S/C15H21NO2/c1-10-8-11(4-5-13(10)14(17)18)16-12-6-7-15(2,3)9-12/h4-5,8,12,16H,6-7,9H2,1-3H3,(H,17,18). The topological polar surface area (TPSA) is 49.3 Å². The lowest BCUT2D eigenvalue weighted by molar-refractivity contribution is 0.0696. The molecule has 1 aliphatic carbocycles. The maximum Gasteiger partial charge on any atom is 0.335 e. The Balaban J connectivity index is 2.07. The van der Waals surface area contributed by atoms with Gasteiger partial charge < -0.3 is 10.4 Å². The maximum atomic E-state index is 10.9. The van der Waals surface area contributed by atoms with Crippen LogP contribution in [0.15, 0.2) is 18.2 Å². The normalized spacial score (nSPS) is 21.8. The summed E-state index contributed by atoms with van der Waals surface area (Å²) in [5.41, 5.74) is 2.64. The second-order valence-corrected chi connectivity index (χ2v) is 6.08. The third-order valence-corrected chi connectivity index (χ3v) is 3.80. The Labute approximate surface area is 108 Å². The molecule has 3 nitrogen and oxygen atoms in total. The number of rotatable bonds is 3. The molecule has 1 aromatic carbocycles. The van der Waals surface area contributed by atoms with E-state index in [0.29, 0.717) is 17.0 Å². The first-order chi connectivity index (χ1) is 8.37. The first kappa shape index (κ1) is 12.9. The SMILES string of the molecule is Cc1cc(NC2CCC(C)(C)C2)ccc1C(=O)O. The Morgan fingerprint density at radius 2 is 2.17 bits per heavy atom. The van der Waals surface area contributed by atoms with Crippen LogP contribution in [0.4, 0.5) is 5.69 Å². The van der Waals surface area contributed by atoms with Crippen LogP contribution >= 0.6 is 0 Å². The summed E-state index contributed by atoms with van der Waals surface area (Å²) in [5.74, 6) is -0.860. The summed E-state index contributed by atoms with van der Waals surface area (Å²) in [4.78, 5) is 10.9. The van der Waals surface area contributed by atoms with Crippen LogP contribution in [0.2, 0.25) is 0 Å². The smallest absolute Gasteiger partial charge is 0.335 e. The van der Waals surface area contributed by atoms with Gasteiger partial charge in [-0.25, -0.2) is 4.79 Å². The molecule has 1 fully saturated rings. The van der Waals surface area contributed by atoms with Crippen molar-refractivity contribution in [1.82, 2.24) is 0 Å². The predicted molar refractivity (Wildman–Crippen MR) is 73.2 cm³/mol. The molecule has 0 aliphatic heterocycles. The summed E-state index contributed by atoms with van der Waals surface area (Å²) < 4.78 is 0. The Kier molecular flexibility index (Phi) is 3.33. The summed E-state index contributed by atoms with van der Waals surface area (Å²) in [5, 5.41) is 12.5. The minimum atomic E-state index is -0.860. The van der Waals surface area contributed by atoms with Crippen molar-refractivity contribution in [3.05, 3.63) is 29.3 Å². The quantitative estimate of drug-likeness (QED) is 0.856. The largest absolute Gasteiger partial charge is 0.478 e. The average Bonchev–Trinajstić information content (AvgIpc) is 2.57. The van der Waals surface area contributed by atoms with Gasteiger partial charge in [0.2, 0.25) is 0 Å². The van der Waals surface area contributed by atoms with Crippen molar-refractivity contribution in [2.45, 2.75) is 46.1 Å². The molecule has 1 atom stereocenters. The summed E-state index contributed by atoms with van der Waals surface area (Å²) in [6, 6.07) is 5.98. The van der Waals surface area contributed by atoms with Crippen LogP contribution in [0.25, 0.3) is 0 Å². The first-order valence-electron chi connectivity index (χ1n) is 6.48. The van der Waals surface area contributed by atoms with Gasteiger partial charge in [-0.1, -0.05) is 13.8 Å². The zero-order chi connectivity index (χ0) is 13.3. The van der Waals surface area contributed by atoms with E-state index in [9.17, 15) is 4.79 Å². The van der Waals surface area contributed by atoms with E-state index >= 15 is 0 Å². The third kappa shape index (κ3) is 2.84. The number of hydrogen-bond donors (Lipinski definition) is 2. The first-order valence-corrected chi connectivity index (χ1v) is 6.48. The summed E-state index contributed by atoms with van der Waals surface area (Å²) in [6.07, 6.45) is 3.61. The van der Waals surface area contributed by atoms with Gasteiger partial charge in [-0.05, 0) is 55.4 Å². The van der Waals surface area contributed by atoms with E-state index in [1.807, 2.05) is 19.1 Å². The Bertz CT molecular complexity index is 466. The highest BCUT2D eigenvalue weighted by atomic mass is 16.4. The van der Waals surface area contributed by atoms with Crippen LogP contribution < -0.4 is 5.32 Å². The molecule has 0 amide bonds. The lowest BCUT2D eigenvalue weighted by Crippen LogP contribution is -2.17. The van der Waals surface area contributed by atoms with Crippen molar-refractivity contribution < 1.29 is 9.90 Å². The number of benzene rings is 1. The number of hydrogen-bond acceptors (Lipinski definition) is 2. The second kappa shape index (κ2) is 4.63. The van der Waals surface area contributed by atoms with E-state index in [1.54, 1.807) is 6.07 Å². The summed E-state index contributed by atoms with van der Waals surface area (Å²) >= 11 is 0. The molecule has 98 valence electrons. The summed E-state index contributed by atoms with van der Waals surface area (Å²) in [7, 11) is 0. The summed E-state index contributed by atoms with van der Waals surface area (Å²) in [6.45, 7) is 6.44. The van der Waals surface area contributed by atoms with E-state index < -0.39 is 5.97 Å². The molecule has 0 spiro atoms. The Morgan fingerprint density at radius 3 is 2.67 bits per heavy atom. The minimum absolute atomic E-state index is 0.382. The zero-order valence-electron chi connectivity index (χ0n) is 11.3. The highest BCUT2D eigenvalue weighted by Gasteiger charge is 2.30. The predicted octanol–water partition coefficient (Wildman–Crippen LogP) is 3.68. The van der Waals surface area contributed by atoms with Crippen LogP contribution in [-0.4, -0.2) is 17.1 Å². The van der Waals surface area contributed by atoms with Crippen molar-refractivity contribution in [3.8, 4) is 0 Å². The van der Waals surface area contributed by atoms with E-state index in [0.717, 1.165) is 11.3 Å². The molecule has 0 aromatic heterocycles. The Morgan fingerprint density at radius 1 is 1.44 bits per heavy atom. The van der Waals surface area contributed by atoms with Gasteiger partial charge in [-0.15, -0.1) is 0 Å². The molecular formula is C15H21NO2. The fourth-order valence-corrected chi connectivity index (χ4v) is 2.79. The number of carbonyl (C=O) groups is 1. The average molecular weight is 247 g/mol. The number of aryl methyl sites for hydroxylation is 1. The molecule has 18 heavy (non-hydrogen) atoms. The number of carboxylic acids is 1. The highest BCUT2D eigenvalue weighted by Crippen LogP contribution is 2.38. The maximum absolute atomic E-state index is 10.9. The molecular weight excluding hydrogens is 226 g/mol.